The van der Waals surface area contributed by atoms with E-state index in [2.05, 4.69) is 0 Å². The second-order valence-corrected chi connectivity index (χ2v) is 4.20. The van der Waals surface area contributed by atoms with Crippen LogP contribution < -0.4 is 4.74 Å². The minimum atomic E-state index is -0.658. The lowest BCUT2D eigenvalue weighted by atomic mass is 10.1. The largest absolute Gasteiger partial charge is 0.454 e. The van der Waals surface area contributed by atoms with Crippen LogP contribution in [0.25, 0.3) is 0 Å². The minimum absolute atomic E-state index is 0.170. The van der Waals surface area contributed by atoms with Gasteiger partial charge in [0.1, 0.15) is 5.75 Å². The molecule has 0 aromatic heterocycles. The highest BCUT2D eigenvalue weighted by Crippen LogP contribution is 2.31. The quantitative estimate of drug-likeness (QED) is 0.887. The van der Waals surface area contributed by atoms with Crippen molar-refractivity contribution in [3.8, 4) is 11.5 Å². The summed E-state index contributed by atoms with van der Waals surface area (Å²) in [5.74, 6) is 0.262. The Bertz CT molecular complexity index is 550. The Morgan fingerprint density at radius 3 is 2.44 bits per heavy atom. The second-order valence-electron chi connectivity index (χ2n) is 4.20. The van der Waals surface area contributed by atoms with Gasteiger partial charge in [0.2, 0.25) is 0 Å². The van der Waals surface area contributed by atoms with Crippen molar-refractivity contribution in [1.82, 2.24) is 0 Å². The molecule has 2 nitrogen and oxygen atoms in total. The minimum Gasteiger partial charge on any atom is -0.454 e. The van der Waals surface area contributed by atoms with Crippen LogP contribution in [0.3, 0.4) is 0 Å². The average molecular weight is 246 g/mol. The maximum Gasteiger partial charge on any atom is 0.168 e. The third-order valence-corrected chi connectivity index (χ3v) is 2.75. The van der Waals surface area contributed by atoms with Gasteiger partial charge in [0.25, 0.3) is 0 Å². The van der Waals surface area contributed by atoms with Crippen LogP contribution in [0.5, 0.6) is 11.5 Å². The van der Waals surface area contributed by atoms with E-state index in [9.17, 15) is 9.50 Å². The summed E-state index contributed by atoms with van der Waals surface area (Å²) in [5.41, 5.74) is 1.17. The number of aliphatic hydroxyl groups is 1. The van der Waals surface area contributed by atoms with Crippen LogP contribution in [0, 0.1) is 12.7 Å². The zero-order valence-corrected chi connectivity index (χ0v) is 10.4. The molecule has 1 N–H and O–H groups in total. The van der Waals surface area contributed by atoms with Crippen LogP contribution in [0.1, 0.15) is 24.2 Å². The van der Waals surface area contributed by atoms with Crippen LogP contribution in [-0.4, -0.2) is 5.11 Å². The molecule has 0 spiro atoms. The van der Waals surface area contributed by atoms with E-state index in [1.165, 1.54) is 0 Å². The molecular weight excluding hydrogens is 231 g/mol. The summed E-state index contributed by atoms with van der Waals surface area (Å²) >= 11 is 0. The summed E-state index contributed by atoms with van der Waals surface area (Å²) in [7, 11) is 0. The van der Waals surface area contributed by atoms with E-state index >= 15 is 0 Å². The van der Waals surface area contributed by atoms with Gasteiger partial charge in [0, 0.05) is 5.56 Å². The molecule has 0 heterocycles. The molecule has 2 aromatic carbocycles. The molecule has 0 amide bonds. The highest BCUT2D eigenvalue weighted by Gasteiger charge is 2.12. The molecule has 18 heavy (non-hydrogen) atoms. The van der Waals surface area contributed by atoms with Crippen LogP contribution in [0.15, 0.2) is 42.5 Å². The van der Waals surface area contributed by atoms with Gasteiger partial charge in [-0.15, -0.1) is 0 Å². The lowest BCUT2D eigenvalue weighted by Crippen LogP contribution is -1.97. The Labute approximate surface area is 106 Å². The van der Waals surface area contributed by atoms with Gasteiger partial charge in [-0.25, -0.2) is 4.39 Å². The van der Waals surface area contributed by atoms with Gasteiger partial charge in [-0.05, 0) is 31.5 Å². The van der Waals surface area contributed by atoms with Crippen LogP contribution in [0.2, 0.25) is 0 Å². The van der Waals surface area contributed by atoms with Crippen molar-refractivity contribution >= 4 is 0 Å². The fourth-order valence-corrected chi connectivity index (χ4v) is 1.74. The number of para-hydroxylation sites is 1. The van der Waals surface area contributed by atoms with Gasteiger partial charge in [0.05, 0.1) is 6.10 Å². The van der Waals surface area contributed by atoms with Crippen molar-refractivity contribution in [3.05, 3.63) is 59.4 Å². The Morgan fingerprint density at radius 2 is 1.72 bits per heavy atom. The highest BCUT2D eigenvalue weighted by molar-refractivity contribution is 5.40. The van der Waals surface area contributed by atoms with Crippen LogP contribution in [0.4, 0.5) is 4.39 Å². The number of aliphatic hydroxyl groups excluding tert-OH is 1. The van der Waals surface area contributed by atoms with E-state index in [1.54, 1.807) is 50.2 Å². The second kappa shape index (κ2) is 5.19. The van der Waals surface area contributed by atoms with Gasteiger partial charge in [-0.1, -0.05) is 30.3 Å². The van der Waals surface area contributed by atoms with Gasteiger partial charge < -0.3 is 9.84 Å². The Hall–Kier alpha value is -1.87. The summed E-state index contributed by atoms with van der Waals surface area (Å²) in [5, 5.41) is 9.63. The first-order chi connectivity index (χ1) is 8.59. The molecule has 0 saturated carbocycles. The Morgan fingerprint density at radius 1 is 1.06 bits per heavy atom. The number of hydrogen-bond donors (Lipinski definition) is 1. The van der Waals surface area contributed by atoms with Crippen LogP contribution in [-0.2, 0) is 0 Å². The SMILES string of the molecule is Cc1cccc(Oc2ccccc2C(C)O)c1F. The predicted octanol–water partition coefficient (Wildman–Crippen LogP) is 3.98. The van der Waals surface area contributed by atoms with Gasteiger partial charge in [0.15, 0.2) is 11.6 Å². The first-order valence-electron chi connectivity index (χ1n) is 5.79. The first-order valence-corrected chi connectivity index (χ1v) is 5.79. The summed E-state index contributed by atoms with van der Waals surface area (Å²) in [6.45, 7) is 3.33. The van der Waals surface area contributed by atoms with E-state index in [0.29, 0.717) is 16.9 Å². The lowest BCUT2D eigenvalue weighted by molar-refractivity contribution is 0.195. The molecule has 0 aliphatic carbocycles. The van der Waals surface area contributed by atoms with Crippen molar-refractivity contribution in [1.29, 1.82) is 0 Å². The van der Waals surface area contributed by atoms with Crippen molar-refractivity contribution < 1.29 is 14.2 Å². The molecule has 2 aromatic rings. The zero-order chi connectivity index (χ0) is 13.1. The molecule has 0 radical (unpaired) electrons. The predicted molar refractivity (Wildman–Crippen MR) is 68.3 cm³/mol. The molecule has 1 unspecified atom stereocenters. The smallest absolute Gasteiger partial charge is 0.168 e. The molecule has 0 saturated heterocycles. The Balaban J connectivity index is 2.37. The lowest BCUT2D eigenvalue weighted by Gasteiger charge is -2.13. The van der Waals surface area contributed by atoms with E-state index < -0.39 is 6.10 Å². The monoisotopic (exact) mass is 246 g/mol. The average Bonchev–Trinajstić information content (AvgIpc) is 2.35. The maximum absolute atomic E-state index is 13.8. The third-order valence-electron chi connectivity index (χ3n) is 2.75. The number of ether oxygens (including phenoxy) is 1. The number of hydrogen-bond acceptors (Lipinski definition) is 2. The topological polar surface area (TPSA) is 29.5 Å². The third kappa shape index (κ3) is 2.51. The number of aryl methyl sites for hydroxylation is 1. The summed E-state index contributed by atoms with van der Waals surface area (Å²) in [6.07, 6.45) is -0.658. The number of benzene rings is 2. The summed E-state index contributed by atoms with van der Waals surface area (Å²) < 4.78 is 19.4. The molecule has 2 rings (SSSR count). The molecule has 0 aliphatic heterocycles. The van der Waals surface area contributed by atoms with Crippen molar-refractivity contribution in [3.63, 3.8) is 0 Å². The molecular formula is C15H15FO2. The fourth-order valence-electron chi connectivity index (χ4n) is 1.74. The summed E-state index contributed by atoms with van der Waals surface area (Å²) in [4.78, 5) is 0. The summed E-state index contributed by atoms with van der Waals surface area (Å²) in [6, 6.07) is 12.1. The normalized spacial score (nSPS) is 12.2. The highest BCUT2D eigenvalue weighted by atomic mass is 19.1. The van der Waals surface area contributed by atoms with E-state index in [4.69, 9.17) is 4.74 Å². The molecule has 0 aliphatic rings. The molecule has 1 atom stereocenters. The molecule has 3 heteroatoms. The molecule has 0 bridgehead atoms. The van der Waals surface area contributed by atoms with Gasteiger partial charge in [-0.2, -0.15) is 0 Å². The number of rotatable bonds is 3. The standard InChI is InChI=1S/C15H15FO2/c1-10-6-5-9-14(15(10)16)18-13-8-4-3-7-12(13)11(2)17/h3-9,11,17H,1-2H3. The first kappa shape index (κ1) is 12.6. The van der Waals surface area contributed by atoms with Crippen molar-refractivity contribution in [2.75, 3.05) is 0 Å². The molecule has 94 valence electrons. The van der Waals surface area contributed by atoms with E-state index in [1.807, 2.05) is 6.07 Å². The van der Waals surface area contributed by atoms with Gasteiger partial charge >= 0.3 is 0 Å². The fraction of sp³-hybridized carbons (Fsp3) is 0.200. The van der Waals surface area contributed by atoms with E-state index in [-0.39, 0.29) is 11.6 Å². The van der Waals surface area contributed by atoms with E-state index in [0.717, 1.165) is 0 Å². The Kier molecular flexibility index (Phi) is 3.63. The van der Waals surface area contributed by atoms with Crippen molar-refractivity contribution in [2.45, 2.75) is 20.0 Å². The number of halogens is 1. The zero-order valence-electron chi connectivity index (χ0n) is 10.4. The molecule has 0 fully saturated rings. The van der Waals surface area contributed by atoms with Crippen molar-refractivity contribution in [2.24, 2.45) is 0 Å². The maximum atomic E-state index is 13.8. The van der Waals surface area contributed by atoms with Crippen LogP contribution >= 0.6 is 0 Å². The van der Waals surface area contributed by atoms with Gasteiger partial charge in [-0.3, -0.25) is 0 Å².